The molecule has 7 nitrogen and oxygen atoms in total. The molecule has 2 amide bonds. The lowest BCUT2D eigenvalue weighted by Gasteiger charge is -2.27. The standard InChI is InChI=1S/C25H28N4O3/c30-23-26-11-10-22(29-23)32-25-14-16(25)12-20(17-8-4-5-9-19(17)25)27-24(31)28-21-13-18(21)15-6-2-1-3-7-15/h4-5,8-12,15-16,18,21H,1-3,6-7,13-14H2,(H,26,29,30)(H2,27,28,31). The molecule has 3 fully saturated rings. The Kier molecular flexibility index (Phi) is 4.59. The second-order valence-corrected chi connectivity index (χ2v) is 9.67. The van der Waals surface area contributed by atoms with E-state index in [1.165, 1.54) is 38.3 Å². The molecule has 4 aliphatic rings. The summed E-state index contributed by atoms with van der Waals surface area (Å²) >= 11 is 0. The number of hydrogen-bond acceptors (Lipinski definition) is 4. The number of benzene rings is 1. The highest BCUT2D eigenvalue weighted by Crippen LogP contribution is 2.60. The first-order chi connectivity index (χ1) is 15.6. The average molecular weight is 433 g/mol. The molecule has 0 aliphatic heterocycles. The maximum absolute atomic E-state index is 12.8. The van der Waals surface area contributed by atoms with E-state index < -0.39 is 11.3 Å². The molecule has 3 N–H and O–H groups in total. The monoisotopic (exact) mass is 432 g/mol. The third-order valence-corrected chi connectivity index (χ3v) is 7.60. The van der Waals surface area contributed by atoms with Gasteiger partial charge in [0.2, 0.25) is 0 Å². The third kappa shape index (κ3) is 3.49. The van der Waals surface area contributed by atoms with Crippen molar-refractivity contribution in [2.75, 3.05) is 0 Å². The first-order valence-electron chi connectivity index (χ1n) is 11.8. The Labute approximate surface area is 186 Å². The van der Waals surface area contributed by atoms with Crippen LogP contribution in [-0.2, 0) is 5.60 Å². The van der Waals surface area contributed by atoms with Crippen molar-refractivity contribution < 1.29 is 9.53 Å². The smallest absolute Gasteiger partial charge is 0.347 e. The Balaban J connectivity index is 1.16. The molecule has 0 bridgehead atoms. The number of amides is 2. The highest BCUT2D eigenvalue weighted by molar-refractivity contribution is 5.88. The lowest BCUT2D eigenvalue weighted by Crippen LogP contribution is -2.38. The largest absolute Gasteiger partial charge is 0.467 e. The number of urea groups is 1. The van der Waals surface area contributed by atoms with Gasteiger partial charge in [0.1, 0.15) is 5.60 Å². The summed E-state index contributed by atoms with van der Waals surface area (Å²) in [5, 5.41) is 6.30. The zero-order valence-corrected chi connectivity index (χ0v) is 18.0. The summed E-state index contributed by atoms with van der Waals surface area (Å²) in [7, 11) is 0. The molecule has 0 spiro atoms. The topological polar surface area (TPSA) is 96.1 Å². The molecular formula is C25H28N4O3. The number of carbonyl (C=O) groups excluding carboxylic acids is 1. The van der Waals surface area contributed by atoms with Crippen LogP contribution < -0.4 is 21.1 Å². The third-order valence-electron chi connectivity index (χ3n) is 7.60. The van der Waals surface area contributed by atoms with E-state index in [9.17, 15) is 9.59 Å². The summed E-state index contributed by atoms with van der Waals surface area (Å²) in [5.74, 6) is 1.99. The lowest BCUT2D eigenvalue weighted by molar-refractivity contribution is 0.158. The van der Waals surface area contributed by atoms with Crippen LogP contribution in [-0.4, -0.2) is 22.0 Å². The molecule has 166 valence electrons. The van der Waals surface area contributed by atoms with E-state index >= 15 is 0 Å². The van der Waals surface area contributed by atoms with Crippen molar-refractivity contribution in [3.05, 3.63) is 64.2 Å². The Morgan fingerprint density at radius 1 is 1.16 bits per heavy atom. The highest BCUT2D eigenvalue weighted by Gasteiger charge is 2.60. The zero-order valence-electron chi connectivity index (χ0n) is 18.0. The molecule has 2 aromatic rings. The van der Waals surface area contributed by atoms with E-state index in [1.807, 2.05) is 24.3 Å². The summed E-state index contributed by atoms with van der Waals surface area (Å²) in [6.45, 7) is 0. The SMILES string of the molecule is O=C(NC1=CC2CC2(Oc2ccnc(=O)[nH]2)c2ccccc21)NC1CC1C1CCCCC1. The summed E-state index contributed by atoms with van der Waals surface area (Å²) < 4.78 is 6.26. The van der Waals surface area contributed by atoms with E-state index in [0.717, 1.165) is 35.6 Å². The zero-order chi connectivity index (χ0) is 21.7. The number of rotatable bonds is 5. The summed E-state index contributed by atoms with van der Waals surface area (Å²) in [6.07, 6.45) is 12.1. The van der Waals surface area contributed by atoms with E-state index in [-0.39, 0.29) is 11.9 Å². The molecule has 4 aliphatic carbocycles. The van der Waals surface area contributed by atoms with Gasteiger partial charge in [-0.3, -0.25) is 4.98 Å². The fourth-order valence-corrected chi connectivity index (χ4v) is 5.83. The van der Waals surface area contributed by atoms with Crippen LogP contribution >= 0.6 is 0 Å². The molecule has 7 heteroatoms. The molecule has 3 saturated carbocycles. The van der Waals surface area contributed by atoms with Crippen molar-refractivity contribution >= 4 is 11.7 Å². The summed E-state index contributed by atoms with van der Waals surface area (Å²) in [6, 6.07) is 9.86. The predicted octanol–water partition coefficient (Wildman–Crippen LogP) is 3.69. The average Bonchev–Trinajstić information content (AvgIpc) is 3.71. The van der Waals surface area contributed by atoms with E-state index in [4.69, 9.17) is 4.74 Å². The van der Waals surface area contributed by atoms with Crippen molar-refractivity contribution in [2.45, 2.75) is 56.6 Å². The maximum atomic E-state index is 12.8. The second-order valence-electron chi connectivity index (χ2n) is 9.67. The summed E-state index contributed by atoms with van der Waals surface area (Å²) in [5.41, 5.74) is 1.89. The van der Waals surface area contributed by atoms with Crippen LogP contribution in [0.3, 0.4) is 0 Å². The maximum Gasteiger partial charge on any atom is 0.347 e. The Hall–Kier alpha value is -3.09. The van der Waals surface area contributed by atoms with Gasteiger partial charge in [-0.1, -0.05) is 62.4 Å². The molecule has 32 heavy (non-hydrogen) atoms. The van der Waals surface area contributed by atoms with Crippen LogP contribution in [0.2, 0.25) is 0 Å². The number of H-pyrrole nitrogens is 1. The first kappa shape index (κ1) is 19.6. The van der Waals surface area contributed by atoms with E-state index in [2.05, 4.69) is 26.7 Å². The number of fused-ring (bicyclic) bond motifs is 3. The number of hydrogen-bond donors (Lipinski definition) is 3. The molecule has 0 radical (unpaired) electrons. The second kappa shape index (κ2) is 7.50. The first-order valence-corrected chi connectivity index (χ1v) is 11.8. The fourth-order valence-electron chi connectivity index (χ4n) is 5.83. The van der Waals surface area contributed by atoms with Gasteiger partial charge in [0.15, 0.2) is 5.88 Å². The number of nitrogens with one attached hydrogen (secondary N) is 3. The van der Waals surface area contributed by atoms with Gasteiger partial charge in [-0.2, -0.15) is 0 Å². The van der Waals surface area contributed by atoms with Crippen molar-refractivity contribution in [1.29, 1.82) is 0 Å². The van der Waals surface area contributed by atoms with Gasteiger partial charge in [-0.05, 0) is 18.3 Å². The predicted molar refractivity (Wildman–Crippen MR) is 120 cm³/mol. The molecule has 0 saturated heterocycles. The molecule has 1 aromatic carbocycles. The minimum atomic E-state index is -0.509. The van der Waals surface area contributed by atoms with E-state index in [0.29, 0.717) is 17.8 Å². The van der Waals surface area contributed by atoms with Crippen LogP contribution in [0.25, 0.3) is 5.70 Å². The van der Waals surface area contributed by atoms with E-state index in [1.54, 1.807) is 6.07 Å². The lowest BCUT2D eigenvalue weighted by atomic mass is 9.85. The van der Waals surface area contributed by atoms with Crippen molar-refractivity contribution in [2.24, 2.45) is 17.8 Å². The Morgan fingerprint density at radius 3 is 2.84 bits per heavy atom. The number of aromatic nitrogens is 2. The highest BCUT2D eigenvalue weighted by atomic mass is 16.5. The fraction of sp³-hybridized carbons (Fsp3) is 0.480. The van der Waals surface area contributed by atoms with Crippen LogP contribution in [0.1, 0.15) is 56.1 Å². The molecule has 1 heterocycles. The molecule has 6 rings (SSSR count). The number of ether oxygens (including phenoxy) is 1. The minimum absolute atomic E-state index is 0.123. The summed E-state index contributed by atoms with van der Waals surface area (Å²) in [4.78, 5) is 30.7. The van der Waals surface area contributed by atoms with Crippen LogP contribution in [0.5, 0.6) is 5.88 Å². The van der Waals surface area contributed by atoms with Crippen molar-refractivity contribution in [1.82, 2.24) is 20.6 Å². The van der Waals surface area contributed by atoms with Gasteiger partial charge in [0.25, 0.3) is 0 Å². The van der Waals surface area contributed by atoms with Gasteiger partial charge >= 0.3 is 11.7 Å². The minimum Gasteiger partial charge on any atom is -0.467 e. The van der Waals surface area contributed by atoms with Gasteiger partial charge < -0.3 is 15.4 Å². The molecule has 4 unspecified atom stereocenters. The quantitative estimate of drug-likeness (QED) is 0.671. The number of nitrogens with zero attached hydrogens (tertiary/aromatic N) is 1. The molecule has 1 aromatic heterocycles. The van der Waals surface area contributed by atoms with Crippen molar-refractivity contribution in [3.8, 4) is 5.88 Å². The number of aromatic amines is 1. The van der Waals surface area contributed by atoms with Crippen LogP contribution in [0, 0.1) is 17.8 Å². The molecular weight excluding hydrogens is 404 g/mol. The van der Waals surface area contributed by atoms with Gasteiger partial charge in [-0.25, -0.2) is 14.6 Å². The number of carbonyl (C=O) groups is 1. The van der Waals surface area contributed by atoms with Crippen molar-refractivity contribution in [3.63, 3.8) is 0 Å². The molecule has 4 atom stereocenters. The normalized spacial score (nSPS) is 30.4. The van der Waals surface area contributed by atoms with Gasteiger partial charge in [-0.15, -0.1) is 0 Å². The van der Waals surface area contributed by atoms with Gasteiger partial charge in [0.05, 0.1) is 0 Å². The van der Waals surface area contributed by atoms with Crippen LogP contribution in [0.4, 0.5) is 4.79 Å². The van der Waals surface area contributed by atoms with Crippen LogP contribution in [0.15, 0.2) is 47.4 Å². The Morgan fingerprint density at radius 2 is 2.00 bits per heavy atom. The van der Waals surface area contributed by atoms with Gasteiger partial charge in [0, 0.05) is 47.5 Å². The Bertz CT molecular complexity index is 1140.